The maximum atomic E-state index is 12.1. The molecule has 104 valence electrons. The van der Waals surface area contributed by atoms with Crippen LogP contribution < -0.4 is 16.6 Å². The zero-order valence-electron chi connectivity index (χ0n) is 9.95. The summed E-state index contributed by atoms with van der Waals surface area (Å²) < 4.78 is 0. The van der Waals surface area contributed by atoms with Crippen LogP contribution in [-0.4, -0.2) is 10.9 Å². The fourth-order valence-corrected chi connectivity index (χ4v) is 2.27. The molecule has 0 atom stereocenters. The fourth-order valence-electron chi connectivity index (χ4n) is 1.53. The Morgan fingerprint density at radius 2 is 1.70 bits per heavy atom. The van der Waals surface area contributed by atoms with Gasteiger partial charge >= 0.3 is 0 Å². The molecule has 0 unspecified atom stereocenters. The number of aromatic nitrogens is 1. The number of amides is 1. The summed E-state index contributed by atoms with van der Waals surface area (Å²) in [6.45, 7) is 0. The second-order valence-electron chi connectivity index (χ2n) is 3.82. The van der Waals surface area contributed by atoms with Crippen molar-refractivity contribution in [3.8, 4) is 0 Å². The smallest absolute Gasteiger partial charge is 0.255 e. The number of rotatable bonds is 3. The first-order chi connectivity index (χ1) is 9.47. The number of halogens is 3. The van der Waals surface area contributed by atoms with E-state index < -0.39 is 0 Å². The predicted molar refractivity (Wildman–Crippen MR) is 81.5 cm³/mol. The van der Waals surface area contributed by atoms with Crippen LogP contribution in [0.15, 0.2) is 30.3 Å². The van der Waals surface area contributed by atoms with Crippen LogP contribution in [0.25, 0.3) is 0 Å². The Bertz CT molecular complexity index is 643. The molecule has 5 nitrogen and oxygen atoms in total. The van der Waals surface area contributed by atoms with Gasteiger partial charge in [0.25, 0.3) is 5.91 Å². The maximum absolute atomic E-state index is 12.1. The van der Waals surface area contributed by atoms with Gasteiger partial charge in [-0.1, -0.05) is 34.8 Å². The molecule has 0 saturated carbocycles. The van der Waals surface area contributed by atoms with E-state index in [2.05, 4.69) is 15.7 Å². The molecular weight excluding hydrogens is 323 g/mol. The molecule has 8 heteroatoms. The lowest BCUT2D eigenvalue weighted by molar-refractivity contribution is 0.102. The molecule has 2 aromatic rings. The minimum Gasteiger partial charge on any atom is -0.322 e. The Morgan fingerprint density at radius 3 is 2.30 bits per heavy atom. The third-order valence-corrected chi connectivity index (χ3v) is 2.95. The number of carbonyl (C=O) groups excluding carboxylic acids is 1. The van der Waals surface area contributed by atoms with Crippen molar-refractivity contribution in [1.82, 2.24) is 4.98 Å². The number of benzene rings is 1. The van der Waals surface area contributed by atoms with Crippen LogP contribution in [0.1, 0.15) is 10.4 Å². The topological polar surface area (TPSA) is 80.0 Å². The minimum absolute atomic E-state index is 0.148. The molecule has 4 N–H and O–H groups in total. The molecule has 0 bridgehead atoms. The molecule has 1 heterocycles. The summed E-state index contributed by atoms with van der Waals surface area (Å²) in [7, 11) is 0. The Morgan fingerprint density at radius 1 is 1.05 bits per heavy atom. The van der Waals surface area contributed by atoms with Crippen molar-refractivity contribution in [3.05, 3.63) is 51.1 Å². The van der Waals surface area contributed by atoms with Gasteiger partial charge in [-0.15, -0.1) is 0 Å². The molecule has 2 rings (SSSR count). The van der Waals surface area contributed by atoms with Gasteiger partial charge in [-0.2, -0.15) is 0 Å². The van der Waals surface area contributed by atoms with Gasteiger partial charge in [0.05, 0.1) is 0 Å². The van der Waals surface area contributed by atoms with E-state index in [1.165, 1.54) is 12.1 Å². The van der Waals surface area contributed by atoms with Crippen molar-refractivity contribution in [1.29, 1.82) is 0 Å². The highest BCUT2D eigenvalue weighted by molar-refractivity contribution is 6.35. The van der Waals surface area contributed by atoms with Gasteiger partial charge < -0.3 is 10.7 Å². The predicted octanol–water partition coefficient (Wildman–Crippen LogP) is 3.58. The Kier molecular flexibility index (Phi) is 4.67. The van der Waals surface area contributed by atoms with Gasteiger partial charge in [0, 0.05) is 21.3 Å². The third-order valence-electron chi connectivity index (χ3n) is 2.32. The number of hydrogen-bond donors (Lipinski definition) is 3. The van der Waals surface area contributed by atoms with Crippen LogP contribution in [0.3, 0.4) is 0 Å². The summed E-state index contributed by atoms with van der Waals surface area (Å²) in [6.07, 6.45) is 0. The van der Waals surface area contributed by atoms with E-state index in [0.29, 0.717) is 21.3 Å². The SMILES string of the molecule is NNc1cc(C(=O)Nc2cc(Cl)cc(Cl)c2)cc(Cl)n1. The summed E-state index contributed by atoms with van der Waals surface area (Å²) in [5, 5.41) is 3.65. The lowest BCUT2D eigenvalue weighted by Crippen LogP contribution is -2.14. The molecule has 0 spiro atoms. The molecule has 0 aliphatic rings. The van der Waals surface area contributed by atoms with Crippen LogP contribution in [-0.2, 0) is 0 Å². The summed E-state index contributed by atoms with van der Waals surface area (Å²) in [5.41, 5.74) is 3.10. The number of anilines is 2. The maximum Gasteiger partial charge on any atom is 0.255 e. The normalized spacial score (nSPS) is 10.2. The summed E-state index contributed by atoms with van der Waals surface area (Å²) in [4.78, 5) is 16.0. The summed E-state index contributed by atoms with van der Waals surface area (Å²) in [5.74, 6) is 5.14. The molecule has 0 radical (unpaired) electrons. The van der Waals surface area contributed by atoms with Gasteiger partial charge in [0.2, 0.25) is 0 Å². The van der Waals surface area contributed by atoms with Crippen molar-refractivity contribution in [2.45, 2.75) is 0 Å². The number of hydrazine groups is 1. The Labute approximate surface area is 130 Å². The van der Waals surface area contributed by atoms with Crippen LogP contribution in [0.4, 0.5) is 11.5 Å². The first-order valence-corrected chi connectivity index (χ1v) is 6.53. The Hall–Kier alpha value is -1.53. The lowest BCUT2D eigenvalue weighted by Gasteiger charge is -2.08. The van der Waals surface area contributed by atoms with Gasteiger partial charge in [-0.05, 0) is 30.3 Å². The second kappa shape index (κ2) is 6.28. The zero-order chi connectivity index (χ0) is 14.7. The van der Waals surface area contributed by atoms with Crippen molar-refractivity contribution in [3.63, 3.8) is 0 Å². The largest absolute Gasteiger partial charge is 0.322 e. The molecule has 0 aliphatic carbocycles. The molecule has 1 aromatic heterocycles. The monoisotopic (exact) mass is 330 g/mol. The third kappa shape index (κ3) is 3.74. The first kappa shape index (κ1) is 14.9. The Balaban J connectivity index is 2.25. The molecule has 20 heavy (non-hydrogen) atoms. The highest BCUT2D eigenvalue weighted by atomic mass is 35.5. The van der Waals surface area contributed by atoms with Crippen LogP contribution in [0.2, 0.25) is 15.2 Å². The van der Waals surface area contributed by atoms with Crippen molar-refractivity contribution in [2.75, 3.05) is 10.7 Å². The van der Waals surface area contributed by atoms with E-state index in [9.17, 15) is 4.79 Å². The van der Waals surface area contributed by atoms with Gasteiger partial charge in [0.1, 0.15) is 11.0 Å². The average molecular weight is 332 g/mol. The average Bonchev–Trinajstić information content (AvgIpc) is 2.36. The van der Waals surface area contributed by atoms with Gasteiger partial charge in [-0.25, -0.2) is 10.8 Å². The molecule has 1 amide bonds. The van der Waals surface area contributed by atoms with E-state index in [-0.39, 0.29) is 16.9 Å². The highest BCUT2D eigenvalue weighted by Crippen LogP contribution is 2.23. The number of nitrogen functional groups attached to an aromatic ring is 1. The molecule has 0 fully saturated rings. The molecular formula is C12H9Cl3N4O. The second-order valence-corrected chi connectivity index (χ2v) is 5.08. The van der Waals surface area contributed by atoms with Crippen molar-refractivity contribution in [2.24, 2.45) is 5.84 Å². The standard InChI is InChI=1S/C12H9Cl3N4O/c13-7-3-8(14)5-9(4-7)17-12(20)6-1-10(15)18-11(2-6)19-16/h1-5H,16H2,(H,17,20)(H,18,19). The number of pyridine rings is 1. The summed E-state index contributed by atoms with van der Waals surface area (Å²) in [6, 6.07) is 7.61. The van der Waals surface area contributed by atoms with E-state index >= 15 is 0 Å². The summed E-state index contributed by atoms with van der Waals surface area (Å²) >= 11 is 17.5. The quantitative estimate of drug-likeness (QED) is 0.456. The van der Waals surface area contributed by atoms with E-state index in [1.54, 1.807) is 18.2 Å². The molecule has 0 aliphatic heterocycles. The molecule has 1 aromatic carbocycles. The van der Waals surface area contributed by atoms with Crippen LogP contribution in [0.5, 0.6) is 0 Å². The zero-order valence-corrected chi connectivity index (χ0v) is 12.2. The fraction of sp³-hybridized carbons (Fsp3) is 0. The number of nitrogens with two attached hydrogens (primary N) is 1. The molecule has 0 saturated heterocycles. The first-order valence-electron chi connectivity index (χ1n) is 5.39. The van der Waals surface area contributed by atoms with E-state index in [1.807, 2.05) is 0 Å². The van der Waals surface area contributed by atoms with Crippen molar-refractivity contribution >= 4 is 52.2 Å². The number of nitrogens with one attached hydrogen (secondary N) is 2. The van der Waals surface area contributed by atoms with Crippen LogP contribution in [0, 0.1) is 0 Å². The highest BCUT2D eigenvalue weighted by Gasteiger charge is 2.10. The number of carbonyl (C=O) groups is 1. The lowest BCUT2D eigenvalue weighted by atomic mass is 10.2. The number of hydrogen-bond acceptors (Lipinski definition) is 4. The van der Waals surface area contributed by atoms with Gasteiger partial charge in [0.15, 0.2) is 0 Å². The van der Waals surface area contributed by atoms with Crippen LogP contribution >= 0.6 is 34.8 Å². The minimum atomic E-state index is -0.385. The van der Waals surface area contributed by atoms with Crippen molar-refractivity contribution < 1.29 is 4.79 Å². The van der Waals surface area contributed by atoms with Gasteiger partial charge in [-0.3, -0.25) is 4.79 Å². The van der Waals surface area contributed by atoms with E-state index in [4.69, 9.17) is 40.6 Å². The van der Waals surface area contributed by atoms with E-state index in [0.717, 1.165) is 0 Å². The number of nitrogens with zero attached hydrogens (tertiary/aromatic N) is 1.